The Balaban J connectivity index is 1.58. The first kappa shape index (κ1) is 14.3. The van der Waals surface area contributed by atoms with E-state index in [1.54, 1.807) is 30.7 Å². The van der Waals surface area contributed by atoms with Gasteiger partial charge in [-0.05, 0) is 18.2 Å². The molecule has 1 fully saturated rings. The van der Waals surface area contributed by atoms with E-state index in [-0.39, 0.29) is 18.0 Å². The third-order valence-corrected chi connectivity index (χ3v) is 3.86. The molecule has 0 aliphatic carbocycles. The van der Waals surface area contributed by atoms with Crippen molar-refractivity contribution >= 4 is 11.6 Å². The van der Waals surface area contributed by atoms with Crippen LogP contribution in [0.4, 0.5) is 5.69 Å². The Hall–Kier alpha value is -2.63. The number of rotatable bonds is 3. The molecule has 0 N–H and O–H groups in total. The first-order valence-electron chi connectivity index (χ1n) is 7.32. The summed E-state index contributed by atoms with van der Waals surface area (Å²) in [5, 5.41) is 0. The molecule has 0 unspecified atom stereocenters. The summed E-state index contributed by atoms with van der Waals surface area (Å²) in [5.74, 6) is -0.0114. The molecule has 114 valence electrons. The first-order chi connectivity index (χ1) is 10.7. The molecule has 6 nitrogen and oxygen atoms in total. The lowest BCUT2D eigenvalue weighted by Crippen LogP contribution is -2.50. The van der Waals surface area contributed by atoms with Crippen LogP contribution in [0, 0.1) is 0 Å². The van der Waals surface area contributed by atoms with E-state index in [0.717, 1.165) is 18.8 Å². The average molecular weight is 298 g/mol. The Morgan fingerprint density at radius 2 is 1.77 bits per heavy atom. The van der Waals surface area contributed by atoms with E-state index in [4.69, 9.17) is 0 Å². The fourth-order valence-corrected chi connectivity index (χ4v) is 2.61. The predicted molar refractivity (Wildman–Crippen MR) is 83.7 cm³/mol. The fourth-order valence-electron chi connectivity index (χ4n) is 2.61. The number of piperazine rings is 1. The molecule has 0 bridgehead atoms. The second-order valence-electron chi connectivity index (χ2n) is 5.24. The molecule has 3 rings (SSSR count). The Kier molecular flexibility index (Phi) is 4.18. The molecule has 0 aromatic carbocycles. The van der Waals surface area contributed by atoms with Gasteiger partial charge in [0.05, 0.1) is 0 Å². The highest BCUT2D eigenvalue weighted by Gasteiger charge is 2.21. The predicted octanol–water partition coefficient (Wildman–Crippen LogP) is 0.592. The van der Waals surface area contributed by atoms with Gasteiger partial charge < -0.3 is 14.4 Å². The van der Waals surface area contributed by atoms with E-state index >= 15 is 0 Å². The molecule has 0 spiro atoms. The van der Waals surface area contributed by atoms with E-state index in [2.05, 4.69) is 9.88 Å². The molecule has 0 saturated carbocycles. The van der Waals surface area contributed by atoms with Crippen LogP contribution in [0.1, 0.15) is 0 Å². The quantitative estimate of drug-likeness (QED) is 0.832. The molecule has 6 heteroatoms. The van der Waals surface area contributed by atoms with Crippen LogP contribution < -0.4 is 10.5 Å². The van der Waals surface area contributed by atoms with Crippen LogP contribution in [0.15, 0.2) is 53.7 Å². The van der Waals surface area contributed by atoms with Gasteiger partial charge in [-0.15, -0.1) is 0 Å². The van der Waals surface area contributed by atoms with Crippen LogP contribution in [0.3, 0.4) is 0 Å². The molecule has 0 radical (unpaired) electrons. The largest absolute Gasteiger partial charge is 0.368 e. The third-order valence-electron chi connectivity index (χ3n) is 3.86. The first-order valence-corrected chi connectivity index (χ1v) is 7.32. The minimum absolute atomic E-state index is 0.0114. The molecule has 22 heavy (non-hydrogen) atoms. The van der Waals surface area contributed by atoms with Crippen molar-refractivity contribution in [3.63, 3.8) is 0 Å². The molecule has 3 heterocycles. The summed E-state index contributed by atoms with van der Waals surface area (Å²) in [6.07, 6.45) is 5.19. The number of nitrogens with zero attached hydrogens (tertiary/aromatic N) is 4. The number of hydrogen-bond acceptors (Lipinski definition) is 4. The monoisotopic (exact) mass is 298 g/mol. The zero-order chi connectivity index (χ0) is 15.4. The normalized spacial score (nSPS) is 14.9. The zero-order valence-electron chi connectivity index (χ0n) is 12.3. The maximum atomic E-state index is 12.3. The van der Waals surface area contributed by atoms with Crippen LogP contribution in [0.2, 0.25) is 0 Å². The van der Waals surface area contributed by atoms with Crippen LogP contribution in [-0.2, 0) is 11.3 Å². The lowest BCUT2D eigenvalue weighted by atomic mass is 10.2. The Bertz CT molecular complexity index is 691. The molecule has 2 aromatic heterocycles. The van der Waals surface area contributed by atoms with E-state index in [9.17, 15) is 9.59 Å². The van der Waals surface area contributed by atoms with E-state index in [1.807, 2.05) is 17.0 Å². The number of carbonyl (C=O) groups is 1. The molecule has 2 aromatic rings. The average Bonchev–Trinajstić information content (AvgIpc) is 2.58. The number of aromatic nitrogens is 2. The van der Waals surface area contributed by atoms with E-state index in [1.165, 1.54) is 10.6 Å². The van der Waals surface area contributed by atoms with Gasteiger partial charge in [-0.2, -0.15) is 0 Å². The van der Waals surface area contributed by atoms with Crippen molar-refractivity contribution in [1.29, 1.82) is 0 Å². The molecular formula is C16H18N4O2. The molecular weight excluding hydrogens is 280 g/mol. The highest BCUT2D eigenvalue weighted by atomic mass is 16.2. The Morgan fingerprint density at radius 1 is 1.05 bits per heavy atom. The van der Waals surface area contributed by atoms with Gasteiger partial charge in [-0.1, -0.05) is 6.07 Å². The maximum absolute atomic E-state index is 12.3. The fraction of sp³-hybridized carbons (Fsp3) is 0.312. The molecule has 1 aliphatic heterocycles. The van der Waals surface area contributed by atoms with Gasteiger partial charge in [0.15, 0.2) is 0 Å². The summed E-state index contributed by atoms with van der Waals surface area (Å²) < 4.78 is 1.44. The summed E-state index contributed by atoms with van der Waals surface area (Å²) in [6.45, 7) is 3.03. The molecule has 1 aliphatic rings. The number of amides is 1. The lowest BCUT2D eigenvalue weighted by molar-refractivity contribution is -0.132. The molecule has 1 saturated heterocycles. The van der Waals surface area contributed by atoms with Crippen LogP contribution in [0.25, 0.3) is 0 Å². The smallest absolute Gasteiger partial charge is 0.250 e. The third kappa shape index (κ3) is 3.16. The van der Waals surface area contributed by atoms with Crippen LogP contribution >= 0.6 is 0 Å². The van der Waals surface area contributed by atoms with Crippen LogP contribution in [-0.4, -0.2) is 46.5 Å². The molecule has 0 atom stereocenters. The van der Waals surface area contributed by atoms with Crippen molar-refractivity contribution in [3.8, 4) is 0 Å². The zero-order valence-corrected chi connectivity index (χ0v) is 12.3. The Morgan fingerprint density at radius 3 is 2.45 bits per heavy atom. The van der Waals surface area contributed by atoms with E-state index < -0.39 is 0 Å². The van der Waals surface area contributed by atoms with E-state index in [0.29, 0.717) is 13.1 Å². The van der Waals surface area contributed by atoms with Crippen LogP contribution in [0.5, 0.6) is 0 Å². The topological polar surface area (TPSA) is 58.4 Å². The minimum atomic E-state index is -0.147. The lowest BCUT2D eigenvalue weighted by Gasteiger charge is -2.36. The highest BCUT2D eigenvalue weighted by molar-refractivity contribution is 5.76. The van der Waals surface area contributed by atoms with Gasteiger partial charge >= 0.3 is 0 Å². The van der Waals surface area contributed by atoms with Crippen molar-refractivity contribution < 1.29 is 4.79 Å². The Labute approximate surface area is 128 Å². The number of pyridine rings is 2. The SMILES string of the molecule is O=C(Cn1ccccc1=O)N1CCN(c2ccncc2)CC1. The van der Waals surface area contributed by atoms with Gasteiger partial charge in [0.1, 0.15) is 6.54 Å². The van der Waals surface area contributed by atoms with Gasteiger partial charge in [-0.25, -0.2) is 0 Å². The van der Waals surface area contributed by atoms with Gasteiger partial charge in [0.25, 0.3) is 5.56 Å². The summed E-state index contributed by atoms with van der Waals surface area (Å²) in [4.78, 5) is 32.0. The number of carbonyl (C=O) groups excluding carboxylic acids is 1. The number of hydrogen-bond donors (Lipinski definition) is 0. The highest BCUT2D eigenvalue weighted by Crippen LogP contribution is 2.14. The summed E-state index contributed by atoms with van der Waals surface area (Å²) in [6, 6.07) is 8.85. The van der Waals surface area contributed by atoms with Crippen molar-refractivity contribution in [2.75, 3.05) is 31.1 Å². The summed E-state index contributed by atoms with van der Waals surface area (Å²) >= 11 is 0. The number of anilines is 1. The second-order valence-corrected chi connectivity index (χ2v) is 5.24. The van der Waals surface area contributed by atoms with Crippen molar-refractivity contribution in [3.05, 3.63) is 59.3 Å². The van der Waals surface area contributed by atoms with Gasteiger partial charge in [0, 0.05) is 56.5 Å². The molecule has 1 amide bonds. The van der Waals surface area contributed by atoms with Gasteiger partial charge in [-0.3, -0.25) is 14.6 Å². The minimum Gasteiger partial charge on any atom is -0.368 e. The van der Waals surface area contributed by atoms with Gasteiger partial charge in [0.2, 0.25) is 5.91 Å². The maximum Gasteiger partial charge on any atom is 0.250 e. The summed E-state index contributed by atoms with van der Waals surface area (Å²) in [5.41, 5.74) is 0.979. The second kappa shape index (κ2) is 6.43. The summed E-state index contributed by atoms with van der Waals surface area (Å²) in [7, 11) is 0. The van der Waals surface area contributed by atoms with Crippen molar-refractivity contribution in [1.82, 2.24) is 14.5 Å². The standard InChI is InChI=1S/C16H18N4O2/c21-15-3-1-2-8-20(15)13-16(22)19-11-9-18(10-12-19)14-4-6-17-7-5-14/h1-8H,9-13H2. The van der Waals surface area contributed by atoms with Crippen molar-refractivity contribution in [2.24, 2.45) is 0 Å². The van der Waals surface area contributed by atoms with Crippen molar-refractivity contribution in [2.45, 2.75) is 6.54 Å².